The largest absolute Gasteiger partial charge is 0.467 e. The van der Waals surface area contributed by atoms with E-state index in [-0.39, 0.29) is 35.1 Å². The fraction of sp³-hybridized carbons (Fsp3) is 0.231. The van der Waals surface area contributed by atoms with Gasteiger partial charge in [0.05, 0.1) is 22.5 Å². The number of rotatable bonds is 5. The highest BCUT2D eigenvalue weighted by Gasteiger charge is 2.17. The molecule has 20 heavy (non-hydrogen) atoms. The summed E-state index contributed by atoms with van der Waals surface area (Å²) in [6.45, 7) is 1.90. The number of hydrogen-bond acceptors (Lipinski definition) is 6. The predicted octanol–water partition coefficient (Wildman–Crippen LogP) is 1.73. The molecule has 0 aliphatic carbocycles. The second-order valence-corrected chi connectivity index (χ2v) is 4.14. The number of ether oxygens (including phenoxy) is 1. The molecule has 0 saturated heterocycles. The van der Waals surface area contributed by atoms with E-state index in [1.807, 2.05) is 0 Å². The first-order valence-electron chi connectivity index (χ1n) is 5.80. The van der Waals surface area contributed by atoms with Crippen LogP contribution in [0.3, 0.4) is 0 Å². The summed E-state index contributed by atoms with van der Waals surface area (Å²) < 4.78 is 10.0. The Morgan fingerprint density at radius 1 is 1.45 bits per heavy atom. The lowest BCUT2D eigenvalue weighted by molar-refractivity contribution is -0.385. The van der Waals surface area contributed by atoms with Crippen LogP contribution in [0, 0.1) is 17.0 Å². The zero-order valence-electron chi connectivity index (χ0n) is 10.6. The maximum Gasteiger partial charge on any atom is 0.293 e. The van der Waals surface area contributed by atoms with E-state index in [1.54, 1.807) is 0 Å². The molecule has 1 heterocycles. The molecule has 0 bridgehead atoms. The maximum atomic E-state index is 11.9. The molecule has 0 radical (unpaired) electrons. The van der Waals surface area contributed by atoms with Crippen LogP contribution in [0.5, 0.6) is 0 Å². The number of aryl methyl sites for hydroxylation is 1. The van der Waals surface area contributed by atoms with Gasteiger partial charge in [-0.05, 0) is 13.0 Å². The van der Waals surface area contributed by atoms with Gasteiger partial charge < -0.3 is 9.15 Å². The molecule has 2 aromatic rings. The third-order valence-corrected chi connectivity index (χ3v) is 2.90. The van der Waals surface area contributed by atoms with Gasteiger partial charge in [-0.2, -0.15) is 0 Å². The Balaban J connectivity index is 2.55. The number of fused-ring (bicyclic) bond motifs is 1. The summed E-state index contributed by atoms with van der Waals surface area (Å²) in [4.78, 5) is 32.3. The van der Waals surface area contributed by atoms with Crippen LogP contribution in [0.15, 0.2) is 27.4 Å². The molecule has 0 atom stereocenters. The Labute approximate surface area is 112 Å². The highest BCUT2D eigenvalue weighted by molar-refractivity contribution is 5.83. The van der Waals surface area contributed by atoms with Crippen LogP contribution in [0.1, 0.15) is 11.3 Å². The molecule has 0 aliphatic rings. The van der Waals surface area contributed by atoms with Crippen LogP contribution in [-0.2, 0) is 16.0 Å². The normalized spacial score (nSPS) is 10.4. The zero-order valence-corrected chi connectivity index (χ0v) is 10.6. The van der Waals surface area contributed by atoms with Gasteiger partial charge in [-0.25, -0.2) is 0 Å². The number of carbonyl (C=O) groups is 1. The number of nitro benzene ring substituents is 1. The molecule has 7 heteroatoms. The minimum absolute atomic E-state index is 0.0753. The van der Waals surface area contributed by atoms with E-state index < -0.39 is 4.92 Å². The minimum atomic E-state index is -0.531. The van der Waals surface area contributed by atoms with Crippen LogP contribution in [0.25, 0.3) is 11.0 Å². The molecule has 2 rings (SSSR count). The third-order valence-electron chi connectivity index (χ3n) is 2.90. The molecule has 1 aromatic heterocycles. The molecule has 0 spiro atoms. The van der Waals surface area contributed by atoms with Gasteiger partial charge in [0.25, 0.3) is 12.2 Å². The lowest BCUT2D eigenvalue weighted by Gasteiger charge is -2.05. The van der Waals surface area contributed by atoms with Crippen molar-refractivity contribution in [2.24, 2.45) is 0 Å². The second kappa shape index (κ2) is 5.52. The third kappa shape index (κ3) is 2.51. The van der Waals surface area contributed by atoms with Crippen LogP contribution in [0.2, 0.25) is 0 Å². The Bertz CT molecular complexity index is 733. The first-order chi connectivity index (χ1) is 9.54. The van der Waals surface area contributed by atoms with Crippen molar-refractivity contribution in [3.8, 4) is 0 Å². The fourth-order valence-corrected chi connectivity index (χ4v) is 1.92. The van der Waals surface area contributed by atoms with E-state index in [4.69, 9.17) is 4.42 Å². The van der Waals surface area contributed by atoms with Crippen molar-refractivity contribution >= 4 is 23.1 Å². The van der Waals surface area contributed by atoms with Gasteiger partial charge in [0, 0.05) is 18.6 Å². The first kappa shape index (κ1) is 13.7. The van der Waals surface area contributed by atoms with Crippen LogP contribution in [0.4, 0.5) is 5.69 Å². The molecular formula is C13H11NO6. The van der Waals surface area contributed by atoms with Crippen molar-refractivity contribution in [2.45, 2.75) is 13.3 Å². The van der Waals surface area contributed by atoms with Crippen LogP contribution < -0.4 is 5.43 Å². The zero-order chi connectivity index (χ0) is 14.7. The molecule has 0 unspecified atom stereocenters. The SMILES string of the molecule is Cc1c([N+](=O)[O-])ccc2c(=O)cc(CCOC=O)oc12. The van der Waals surface area contributed by atoms with Gasteiger partial charge in [-0.3, -0.25) is 19.7 Å². The van der Waals surface area contributed by atoms with Gasteiger partial charge in [0.1, 0.15) is 11.3 Å². The Morgan fingerprint density at radius 3 is 2.85 bits per heavy atom. The fourth-order valence-electron chi connectivity index (χ4n) is 1.92. The van der Waals surface area contributed by atoms with E-state index in [1.165, 1.54) is 25.1 Å². The Morgan fingerprint density at radius 2 is 2.20 bits per heavy atom. The summed E-state index contributed by atoms with van der Waals surface area (Å²) in [7, 11) is 0. The molecular weight excluding hydrogens is 266 g/mol. The van der Waals surface area contributed by atoms with E-state index in [0.29, 0.717) is 17.8 Å². The molecule has 0 aliphatic heterocycles. The van der Waals surface area contributed by atoms with Gasteiger partial charge in [0.15, 0.2) is 5.43 Å². The Kier molecular flexibility index (Phi) is 3.79. The monoisotopic (exact) mass is 277 g/mol. The molecule has 0 fully saturated rings. The van der Waals surface area contributed by atoms with E-state index in [2.05, 4.69) is 4.74 Å². The topological polar surface area (TPSA) is 99.6 Å². The van der Waals surface area contributed by atoms with E-state index in [9.17, 15) is 19.7 Å². The van der Waals surface area contributed by atoms with Crippen molar-refractivity contribution in [1.29, 1.82) is 0 Å². The summed E-state index contributed by atoms with van der Waals surface area (Å²) in [6, 6.07) is 3.95. The summed E-state index contributed by atoms with van der Waals surface area (Å²) in [5.41, 5.74) is 0.0860. The Hall–Kier alpha value is -2.70. The van der Waals surface area contributed by atoms with Crippen molar-refractivity contribution < 1.29 is 18.9 Å². The highest BCUT2D eigenvalue weighted by atomic mass is 16.6. The lowest BCUT2D eigenvalue weighted by Crippen LogP contribution is -2.06. The minimum Gasteiger partial charge on any atom is -0.467 e. The van der Waals surface area contributed by atoms with Crippen molar-refractivity contribution in [1.82, 2.24) is 0 Å². The number of carbonyl (C=O) groups excluding carboxylic acids is 1. The molecule has 0 N–H and O–H groups in total. The number of nitrogens with zero attached hydrogens (tertiary/aromatic N) is 1. The van der Waals surface area contributed by atoms with Gasteiger partial charge >= 0.3 is 0 Å². The molecule has 1 aromatic carbocycles. The molecule has 0 saturated carbocycles. The van der Waals surface area contributed by atoms with Gasteiger partial charge in [-0.1, -0.05) is 0 Å². The highest BCUT2D eigenvalue weighted by Crippen LogP contribution is 2.26. The number of benzene rings is 1. The van der Waals surface area contributed by atoms with Gasteiger partial charge in [0.2, 0.25) is 0 Å². The summed E-state index contributed by atoms with van der Waals surface area (Å²) in [6.07, 6.45) is 0.228. The smallest absolute Gasteiger partial charge is 0.293 e. The number of hydrogen-bond donors (Lipinski definition) is 0. The summed E-state index contributed by atoms with van der Waals surface area (Å²) in [5, 5.41) is 11.2. The number of nitro groups is 1. The first-order valence-corrected chi connectivity index (χ1v) is 5.80. The van der Waals surface area contributed by atoms with Crippen LogP contribution in [-0.4, -0.2) is 18.0 Å². The van der Waals surface area contributed by atoms with E-state index >= 15 is 0 Å². The van der Waals surface area contributed by atoms with Crippen LogP contribution >= 0.6 is 0 Å². The average molecular weight is 277 g/mol. The molecule has 7 nitrogen and oxygen atoms in total. The summed E-state index contributed by atoms with van der Waals surface area (Å²) in [5.74, 6) is 0.313. The molecule has 0 amide bonds. The quantitative estimate of drug-likeness (QED) is 0.357. The maximum absolute atomic E-state index is 11.9. The van der Waals surface area contributed by atoms with Crippen molar-refractivity contribution in [3.63, 3.8) is 0 Å². The van der Waals surface area contributed by atoms with Crippen molar-refractivity contribution in [3.05, 3.63) is 49.9 Å². The summed E-state index contributed by atoms with van der Waals surface area (Å²) >= 11 is 0. The van der Waals surface area contributed by atoms with Gasteiger partial charge in [-0.15, -0.1) is 0 Å². The van der Waals surface area contributed by atoms with Crippen molar-refractivity contribution in [2.75, 3.05) is 6.61 Å². The second-order valence-electron chi connectivity index (χ2n) is 4.14. The standard InChI is InChI=1S/C13H11NO6/c1-8-11(14(17)18)3-2-10-12(16)6-9(20-13(8)10)4-5-19-7-15/h2-3,6-7H,4-5H2,1H3. The van der Waals surface area contributed by atoms with E-state index in [0.717, 1.165) is 0 Å². The lowest BCUT2D eigenvalue weighted by atomic mass is 10.1. The average Bonchev–Trinajstić information content (AvgIpc) is 2.40. The predicted molar refractivity (Wildman–Crippen MR) is 69.6 cm³/mol. The molecule has 104 valence electrons.